The standard InChI is InChI=1S/C68H62N4/c1-65(2,3)45-21-29-59-53(33-45)54-34-46(66(4,5)6)22-30-60(54)71(59)49-25-27-51-57(37-49)63(43-17-13-41(39-69)14-18-43)52-28-26-50(38-58(52)64(51)44-19-15-42(40-70)16-20-44)72-61-31-23-47(67(7,8)9)35-55(61)56-36-48(68(10,11)12)24-32-62(56)72/h13-38H,1-12H3. The Hall–Kier alpha value is -7.92. The van der Waals surface area contributed by atoms with Crippen LogP contribution in [0, 0.1) is 22.7 Å². The average Bonchev–Trinajstić information content (AvgIpc) is 3.86. The summed E-state index contributed by atoms with van der Waals surface area (Å²) in [5.41, 5.74) is 17.5. The molecule has 0 unspecified atom stereocenters. The van der Waals surface area contributed by atoms with Crippen LogP contribution in [0.4, 0.5) is 0 Å². The topological polar surface area (TPSA) is 57.4 Å². The Morgan fingerprint density at radius 1 is 0.292 bits per heavy atom. The first-order chi connectivity index (χ1) is 34.1. The maximum atomic E-state index is 9.99. The number of aromatic nitrogens is 2. The van der Waals surface area contributed by atoms with Crippen LogP contribution in [-0.4, -0.2) is 9.13 Å². The van der Waals surface area contributed by atoms with Crippen LogP contribution in [0.2, 0.25) is 0 Å². The van der Waals surface area contributed by atoms with E-state index < -0.39 is 0 Å². The van der Waals surface area contributed by atoms with Gasteiger partial charge in [0.15, 0.2) is 0 Å². The van der Waals surface area contributed by atoms with Crippen molar-refractivity contribution >= 4 is 65.2 Å². The van der Waals surface area contributed by atoms with Crippen LogP contribution in [0.3, 0.4) is 0 Å². The van der Waals surface area contributed by atoms with Gasteiger partial charge in [0.2, 0.25) is 0 Å². The molecule has 4 nitrogen and oxygen atoms in total. The first-order valence-electron chi connectivity index (χ1n) is 25.4. The van der Waals surface area contributed by atoms with Crippen molar-refractivity contribution in [2.45, 2.75) is 105 Å². The third-order valence-electron chi connectivity index (χ3n) is 15.2. The van der Waals surface area contributed by atoms with Crippen molar-refractivity contribution < 1.29 is 0 Å². The summed E-state index contributed by atoms with van der Waals surface area (Å²) in [4.78, 5) is 0. The number of benzene rings is 9. The Labute approximate surface area is 424 Å². The highest BCUT2D eigenvalue weighted by atomic mass is 15.0. The van der Waals surface area contributed by atoms with Crippen LogP contribution in [-0.2, 0) is 21.7 Å². The second-order valence-electron chi connectivity index (χ2n) is 24.2. The number of rotatable bonds is 4. The Kier molecular flexibility index (Phi) is 10.5. The molecule has 9 aromatic carbocycles. The van der Waals surface area contributed by atoms with E-state index in [9.17, 15) is 10.5 Å². The highest BCUT2D eigenvalue weighted by molar-refractivity contribution is 6.23. The molecule has 4 heteroatoms. The summed E-state index contributed by atoms with van der Waals surface area (Å²) in [6.07, 6.45) is 0. The van der Waals surface area contributed by atoms with Crippen molar-refractivity contribution in [3.05, 3.63) is 191 Å². The normalized spacial score (nSPS) is 12.7. The maximum absolute atomic E-state index is 9.99. The fourth-order valence-electron chi connectivity index (χ4n) is 11.0. The van der Waals surface area contributed by atoms with E-state index in [4.69, 9.17) is 0 Å². The Morgan fingerprint density at radius 3 is 0.819 bits per heavy atom. The summed E-state index contributed by atoms with van der Waals surface area (Å²) >= 11 is 0. The van der Waals surface area contributed by atoms with Gasteiger partial charge in [0, 0.05) is 32.9 Å². The van der Waals surface area contributed by atoms with Crippen molar-refractivity contribution in [2.75, 3.05) is 0 Å². The second-order valence-corrected chi connectivity index (χ2v) is 24.2. The van der Waals surface area contributed by atoms with Crippen molar-refractivity contribution in [3.8, 4) is 45.8 Å². The third-order valence-corrected chi connectivity index (χ3v) is 15.2. The minimum absolute atomic E-state index is 0.0148. The highest BCUT2D eigenvalue weighted by Gasteiger charge is 2.25. The van der Waals surface area contributed by atoms with E-state index in [2.05, 4.69) is 238 Å². The number of hydrogen-bond donors (Lipinski definition) is 0. The van der Waals surface area contributed by atoms with E-state index in [0.29, 0.717) is 11.1 Å². The largest absolute Gasteiger partial charge is 0.309 e. The quantitative estimate of drug-likeness (QED) is 0.165. The predicted molar refractivity (Wildman–Crippen MR) is 305 cm³/mol. The molecule has 11 rings (SSSR count). The van der Waals surface area contributed by atoms with Gasteiger partial charge >= 0.3 is 0 Å². The zero-order chi connectivity index (χ0) is 50.8. The van der Waals surface area contributed by atoms with Crippen molar-refractivity contribution in [1.29, 1.82) is 10.5 Å². The fraction of sp³-hybridized carbons (Fsp3) is 0.235. The summed E-state index contributed by atoms with van der Waals surface area (Å²) in [5.74, 6) is 0. The summed E-state index contributed by atoms with van der Waals surface area (Å²) < 4.78 is 4.89. The lowest BCUT2D eigenvalue weighted by Gasteiger charge is -2.21. The Balaban J connectivity index is 1.25. The van der Waals surface area contributed by atoms with E-state index in [0.717, 1.165) is 77.2 Å². The zero-order valence-electron chi connectivity index (χ0n) is 43.8. The molecule has 354 valence electrons. The molecule has 0 saturated heterocycles. The molecule has 72 heavy (non-hydrogen) atoms. The van der Waals surface area contributed by atoms with Gasteiger partial charge in [-0.15, -0.1) is 0 Å². The lowest BCUT2D eigenvalue weighted by molar-refractivity contribution is 0.590. The first kappa shape index (κ1) is 46.5. The van der Waals surface area contributed by atoms with Gasteiger partial charge in [0.25, 0.3) is 0 Å². The fourth-order valence-corrected chi connectivity index (χ4v) is 11.0. The molecule has 0 bridgehead atoms. The number of fused-ring (bicyclic) bond motifs is 8. The second kappa shape index (κ2) is 16.3. The van der Waals surface area contributed by atoms with Gasteiger partial charge in [0.1, 0.15) is 0 Å². The molecule has 0 fully saturated rings. The molecule has 0 N–H and O–H groups in total. The zero-order valence-corrected chi connectivity index (χ0v) is 43.8. The Morgan fingerprint density at radius 2 is 0.569 bits per heavy atom. The SMILES string of the molecule is CC(C)(C)c1ccc2c(c1)c1cc(C(C)(C)C)ccc1n2-c1ccc2c(-c3ccc(C#N)cc3)c3cc(-n4c5ccc(C(C)(C)C)cc5c5cc(C(C)(C)C)ccc54)ccc3c(-c3ccc(C#N)cc3)c2c1. The van der Waals surface area contributed by atoms with Gasteiger partial charge in [-0.3, -0.25) is 0 Å². The van der Waals surface area contributed by atoms with Crippen molar-refractivity contribution in [1.82, 2.24) is 9.13 Å². The predicted octanol–water partition coefficient (Wildman–Crippen LogP) is 18.5. The molecule has 0 spiro atoms. The maximum Gasteiger partial charge on any atom is 0.0991 e. The van der Waals surface area contributed by atoms with Gasteiger partial charge in [0.05, 0.1) is 45.3 Å². The summed E-state index contributed by atoms with van der Waals surface area (Å²) in [6, 6.07) is 62.8. The third kappa shape index (κ3) is 7.64. The molecule has 2 heterocycles. The smallest absolute Gasteiger partial charge is 0.0991 e. The number of nitrogens with zero attached hydrogens (tertiary/aromatic N) is 4. The van der Waals surface area contributed by atoms with Crippen LogP contribution in [0.25, 0.3) is 98.8 Å². The van der Waals surface area contributed by atoms with Gasteiger partial charge in [-0.2, -0.15) is 10.5 Å². The van der Waals surface area contributed by atoms with Crippen molar-refractivity contribution in [2.24, 2.45) is 0 Å². The molecule has 0 saturated carbocycles. The molecule has 11 aromatic rings. The van der Waals surface area contributed by atoms with Crippen LogP contribution < -0.4 is 0 Å². The molecule has 0 aliphatic rings. The van der Waals surface area contributed by atoms with E-state index >= 15 is 0 Å². The van der Waals surface area contributed by atoms with Crippen molar-refractivity contribution in [3.63, 3.8) is 0 Å². The summed E-state index contributed by atoms with van der Waals surface area (Å²) in [7, 11) is 0. The Bertz CT molecular complexity index is 3700. The van der Waals surface area contributed by atoms with Gasteiger partial charge in [-0.25, -0.2) is 0 Å². The molecule has 0 aliphatic heterocycles. The van der Waals surface area contributed by atoms with Gasteiger partial charge in [-0.1, -0.05) is 144 Å². The lowest BCUT2D eigenvalue weighted by atomic mass is 9.85. The summed E-state index contributed by atoms with van der Waals surface area (Å²) in [5, 5.41) is 29.4. The molecular weight excluding hydrogens is 873 g/mol. The van der Waals surface area contributed by atoms with Crippen LogP contribution in [0.5, 0.6) is 0 Å². The van der Waals surface area contributed by atoms with E-state index in [-0.39, 0.29) is 21.7 Å². The number of hydrogen-bond acceptors (Lipinski definition) is 2. The van der Waals surface area contributed by atoms with Crippen LogP contribution in [0.15, 0.2) is 158 Å². The molecule has 0 radical (unpaired) electrons. The number of nitriles is 2. The van der Waals surface area contributed by atoms with Crippen LogP contribution >= 0.6 is 0 Å². The lowest BCUT2D eigenvalue weighted by Crippen LogP contribution is -2.10. The summed E-state index contributed by atoms with van der Waals surface area (Å²) in [6.45, 7) is 27.4. The van der Waals surface area contributed by atoms with Crippen LogP contribution in [0.1, 0.15) is 116 Å². The molecule has 0 amide bonds. The molecular formula is C68H62N4. The van der Waals surface area contributed by atoms with Gasteiger partial charge in [-0.05, 0) is 185 Å². The minimum atomic E-state index is -0.0148. The molecule has 0 aliphatic carbocycles. The monoisotopic (exact) mass is 934 g/mol. The molecule has 0 atom stereocenters. The highest BCUT2D eigenvalue weighted by Crippen LogP contribution is 2.47. The van der Waals surface area contributed by atoms with E-state index in [1.807, 2.05) is 24.3 Å². The van der Waals surface area contributed by atoms with Gasteiger partial charge < -0.3 is 9.13 Å². The first-order valence-corrected chi connectivity index (χ1v) is 25.4. The minimum Gasteiger partial charge on any atom is -0.309 e. The molecule has 2 aromatic heterocycles. The average molecular weight is 935 g/mol. The van der Waals surface area contributed by atoms with E-state index in [1.54, 1.807) is 0 Å². The van der Waals surface area contributed by atoms with E-state index in [1.165, 1.54) is 43.8 Å².